The van der Waals surface area contributed by atoms with Gasteiger partial charge in [0.2, 0.25) is 0 Å². The third-order valence-electron chi connectivity index (χ3n) is 3.99. The van der Waals surface area contributed by atoms with E-state index >= 15 is 0 Å². The highest BCUT2D eigenvalue weighted by Crippen LogP contribution is 2.51. The van der Waals surface area contributed by atoms with Crippen molar-refractivity contribution in [1.82, 2.24) is 5.32 Å². The molecule has 1 aliphatic carbocycles. The molecular weight excluding hydrogens is 248 g/mol. The lowest BCUT2D eigenvalue weighted by Gasteiger charge is -2.20. The third kappa shape index (κ3) is 2.46. The predicted octanol–water partition coefficient (Wildman–Crippen LogP) is 3.09. The summed E-state index contributed by atoms with van der Waals surface area (Å²) in [5, 5.41) is 3.37. The molecule has 0 aromatic heterocycles. The van der Waals surface area contributed by atoms with Gasteiger partial charge >= 0.3 is 0 Å². The van der Waals surface area contributed by atoms with Crippen LogP contribution >= 0.6 is 11.6 Å². The van der Waals surface area contributed by atoms with E-state index in [4.69, 9.17) is 17.3 Å². The Labute approximate surface area is 113 Å². The van der Waals surface area contributed by atoms with Gasteiger partial charge in [0.15, 0.2) is 0 Å². The van der Waals surface area contributed by atoms with Gasteiger partial charge in [-0.15, -0.1) is 0 Å². The van der Waals surface area contributed by atoms with E-state index in [0.29, 0.717) is 28.7 Å². The van der Waals surface area contributed by atoms with E-state index in [1.54, 1.807) is 18.2 Å². The lowest BCUT2D eigenvalue weighted by molar-refractivity contribution is 0.0941. The molecule has 1 aromatic carbocycles. The van der Waals surface area contributed by atoms with Gasteiger partial charge in [0, 0.05) is 12.2 Å². The standard InChI is InChI=1S/C14H19ClN2O/c1-9(2)14(6-7-14)8-17-13(18)12-10(15)4-3-5-11(12)16/h3-5,9H,6-8,16H2,1-2H3,(H,17,18). The van der Waals surface area contributed by atoms with Gasteiger partial charge in [0.05, 0.1) is 10.6 Å². The molecule has 2 rings (SSSR count). The lowest BCUT2D eigenvalue weighted by atomic mass is 9.92. The van der Waals surface area contributed by atoms with Crippen LogP contribution in [0.3, 0.4) is 0 Å². The molecule has 0 saturated heterocycles. The Morgan fingerprint density at radius 2 is 2.17 bits per heavy atom. The number of anilines is 1. The van der Waals surface area contributed by atoms with Crippen LogP contribution in [-0.2, 0) is 0 Å². The van der Waals surface area contributed by atoms with Crippen LogP contribution < -0.4 is 11.1 Å². The summed E-state index contributed by atoms with van der Waals surface area (Å²) in [6.45, 7) is 5.10. The maximum atomic E-state index is 12.1. The molecular formula is C14H19ClN2O. The number of rotatable bonds is 4. The van der Waals surface area contributed by atoms with Crippen molar-refractivity contribution in [3.8, 4) is 0 Å². The summed E-state index contributed by atoms with van der Waals surface area (Å²) in [6.07, 6.45) is 2.37. The molecule has 3 N–H and O–H groups in total. The van der Waals surface area contributed by atoms with Crippen molar-refractivity contribution in [1.29, 1.82) is 0 Å². The van der Waals surface area contributed by atoms with E-state index in [1.807, 2.05) is 0 Å². The minimum Gasteiger partial charge on any atom is -0.398 e. The molecule has 0 unspecified atom stereocenters. The summed E-state index contributed by atoms with van der Waals surface area (Å²) in [5.74, 6) is 0.409. The summed E-state index contributed by atoms with van der Waals surface area (Å²) in [7, 11) is 0. The molecule has 1 aromatic rings. The molecule has 98 valence electrons. The molecule has 1 amide bonds. The monoisotopic (exact) mass is 266 g/mol. The Balaban J connectivity index is 2.05. The lowest BCUT2D eigenvalue weighted by Crippen LogP contribution is -2.33. The summed E-state index contributed by atoms with van der Waals surface area (Å²) >= 11 is 6.01. The molecule has 0 heterocycles. The van der Waals surface area contributed by atoms with Crippen molar-refractivity contribution in [2.75, 3.05) is 12.3 Å². The Bertz CT molecular complexity index is 447. The number of halogens is 1. The van der Waals surface area contributed by atoms with E-state index in [2.05, 4.69) is 19.2 Å². The summed E-state index contributed by atoms with van der Waals surface area (Å²) in [6, 6.07) is 5.11. The molecule has 0 atom stereocenters. The predicted molar refractivity (Wildman–Crippen MR) is 74.7 cm³/mol. The normalized spacial score (nSPS) is 16.7. The molecule has 0 aliphatic heterocycles. The number of carbonyl (C=O) groups excluding carboxylic acids is 1. The number of nitrogen functional groups attached to an aromatic ring is 1. The molecule has 1 saturated carbocycles. The highest BCUT2D eigenvalue weighted by molar-refractivity contribution is 6.34. The van der Waals surface area contributed by atoms with Crippen LogP contribution in [0.5, 0.6) is 0 Å². The molecule has 3 nitrogen and oxygen atoms in total. The molecule has 0 spiro atoms. The first-order valence-electron chi connectivity index (χ1n) is 6.28. The van der Waals surface area contributed by atoms with Crippen LogP contribution in [0.25, 0.3) is 0 Å². The van der Waals surface area contributed by atoms with Gasteiger partial charge in [-0.05, 0) is 36.3 Å². The second-order valence-corrected chi connectivity index (χ2v) is 5.81. The van der Waals surface area contributed by atoms with Crippen LogP contribution in [0.4, 0.5) is 5.69 Å². The van der Waals surface area contributed by atoms with Gasteiger partial charge in [-0.2, -0.15) is 0 Å². The number of carbonyl (C=O) groups is 1. The number of hydrogen-bond acceptors (Lipinski definition) is 2. The van der Waals surface area contributed by atoms with Crippen LogP contribution in [0, 0.1) is 11.3 Å². The first-order valence-corrected chi connectivity index (χ1v) is 6.66. The number of nitrogens with one attached hydrogen (secondary N) is 1. The van der Waals surface area contributed by atoms with Crippen molar-refractivity contribution in [2.45, 2.75) is 26.7 Å². The zero-order valence-electron chi connectivity index (χ0n) is 10.8. The third-order valence-corrected chi connectivity index (χ3v) is 4.31. The molecule has 0 bridgehead atoms. The van der Waals surface area contributed by atoms with E-state index in [1.165, 1.54) is 12.8 Å². The minimum atomic E-state index is -0.176. The zero-order valence-corrected chi connectivity index (χ0v) is 11.6. The van der Waals surface area contributed by atoms with Crippen molar-refractivity contribution >= 4 is 23.2 Å². The Kier molecular flexibility index (Phi) is 3.53. The number of nitrogens with two attached hydrogens (primary N) is 1. The van der Waals surface area contributed by atoms with Gasteiger partial charge < -0.3 is 11.1 Å². The SMILES string of the molecule is CC(C)C1(CNC(=O)c2c(N)cccc2Cl)CC1. The van der Waals surface area contributed by atoms with Crippen LogP contribution in [-0.4, -0.2) is 12.5 Å². The molecule has 4 heteroatoms. The molecule has 1 aliphatic rings. The van der Waals surface area contributed by atoms with Gasteiger partial charge in [-0.1, -0.05) is 31.5 Å². The highest BCUT2D eigenvalue weighted by atomic mass is 35.5. The van der Waals surface area contributed by atoms with Crippen LogP contribution in [0.2, 0.25) is 5.02 Å². The van der Waals surface area contributed by atoms with Crippen LogP contribution in [0.1, 0.15) is 37.0 Å². The second-order valence-electron chi connectivity index (χ2n) is 5.40. The van der Waals surface area contributed by atoms with Crippen molar-refractivity contribution < 1.29 is 4.79 Å². The van der Waals surface area contributed by atoms with E-state index in [-0.39, 0.29) is 11.3 Å². The highest BCUT2D eigenvalue weighted by Gasteiger charge is 2.45. The fourth-order valence-corrected chi connectivity index (χ4v) is 2.51. The molecule has 0 radical (unpaired) electrons. The van der Waals surface area contributed by atoms with Gasteiger partial charge in [0.25, 0.3) is 5.91 Å². The van der Waals surface area contributed by atoms with Gasteiger partial charge in [-0.3, -0.25) is 4.79 Å². The number of amides is 1. The first-order chi connectivity index (χ1) is 8.46. The van der Waals surface area contributed by atoms with Crippen molar-refractivity contribution in [2.24, 2.45) is 11.3 Å². The van der Waals surface area contributed by atoms with Gasteiger partial charge in [-0.25, -0.2) is 0 Å². The minimum absolute atomic E-state index is 0.176. The van der Waals surface area contributed by atoms with Gasteiger partial charge in [0.1, 0.15) is 0 Å². The van der Waals surface area contributed by atoms with Crippen molar-refractivity contribution in [3.63, 3.8) is 0 Å². The average Bonchev–Trinajstić information content (AvgIpc) is 3.07. The maximum Gasteiger partial charge on any atom is 0.254 e. The van der Waals surface area contributed by atoms with E-state index in [0.717, 1.165) is 0 Å². The van der Waals surface area contributed by atoms with Crippen LogP contribution in [0.15, 0.2) is 18.2 Å². The summed E-state index contributed by atoms with van der Waals surface area (Å²) < 4.78 is 0. The average molecular weight is 267 g/mol. The topological polar surface area (TPSA) is 55.1 Å². The quantitative estimate of drug-likeness (QED) is 0.823. The first kappa shape index (κ1) is 13.2. The van der Waals surface area contributed by atoms with E-state index < -0.39 is 0 Å². The van der Waals surface area contributed by atoms with Crippen molar-refractivity contribution in [3.05, 3.63) is 28.8 Å². The summed E-state index contributed by atoms with van der Waals surface area (Å²) in [4.78, 5) is 12.1. The summed E-state index contributed by atoms with van der Waals surface area (Å²) in [5.41, 5.74) is 6.89. The fraction of sp³-hybridized carbons (Fsp3) is 0.500. The Morgan fingerprint density at radius 1 is 1.50 bits per heavy atom. The second kappa shape index (κ2) is 4.81. The van der Waals surface area contributed by atoms with E-state index in [9.17, 15) is 4.79 Å². The maximum absolute atomic E-state index is 12.1. The smallest absolute Gasteiger partial charge is 0.254 e. The molecule has 18 heavy (non-hydrogen) atoms. The largest absolute Gasteiger partial charge is 0.398 e. The Hall–Kier alpha value is -1.22. The zero-order chi connectivity index (χ0) is 13.3. The fourth-order valence-electron chi connectivity index (χ4n) is 2.24. The number of hydrogen-bond donors (Lipinski definition) is 2. The number of benzene rings is 1. The Morgan fingerprint density at radius 3 is 2.67 bits per heavy atom. The molecule has 1 fully saturated rings.